The van der Waals surface area contributed by atoms with E-state index in [2.05, 4.69) is 22.3 Å². The monoisotopic (exact) mass is 404 g/mol. The molecule has 1 aromatic carbocycles. The largest absolute Gasteiger partial charge is 0.493 e. The maximum Gasteiger partial charge on any atom is 0.308 e. The standard InChI is InChI=1S/C19H28N2O3.2ClH/c1-14(22)24-17-8-7-16(13-18(17)23-2)19(15-5-3-4-6-15)21-11-9-20-10-12-21;;/h7-8,13,15,19-20H,3-6,9-12H2,1-2H3;2*1H/t19-;;/m0../s1. The van der Waals surface area contributed by atoms with E-state index in [1.54, 1.807) is 7.11 Å². The van der Waals surface area contributed by atoms with Gasteiger partial charge in [0.25, 0.3) is 0 Å². The van der Waals surface area contributed by atoms with Gasteiger partial charge in [0.05, 0.1) is 7.11 Å². The van der Waals surface area contributed by atoms with Crippen molar-refractivity contribution in [1.29, 1.82) is 0 Å². The Balaban J connectivity index is 0.00000169. The average molecular weight is 405 g/mol. The van der Waals surface area contributed by atoms with Gasteiger partial charge < -0.3 is 14.8 Å². The van der Waals surface area contributed by atoms with Crippen LogP contribution in [0.3, 0.4) is 0 Å². The molecule has 1 aliphatic carbocycles. The highest BCUT2D eigenvalue weighted by Gasteiger charge is 2.32. The Bertz CT molecular complexity index is 574. The van der Waals surface area contributed by atoms with Gasteiger partial charge in [0, 0.05) is 39.1 Å². The number of benzene rings is 1. The predicted molar refractivity (Wildman–Crippen MR) is 108 cm³/mol. The second-order valence-corrected chi connectivity index (χ2v) is 6.78. The van der Waals surface area contributed by atoms with Crippen molar-refractivity contribution >= 4 is 30.8 Å². The molecule has 5 nitrogen and oxygen atoms in total. The summed E-state index contributed by atoms with van der Waals surface area (Å²) in [6.07, 6.45) is 5.25. The van der Waals surface area contributed by atoms with Gasteiger partial charge >= 0.3 is 5.97 Å². The second kappa shape index (κ2) is 11.0. The van der Waals surface area contributed by atoms with Crippen LogP contribution in [0.4, 0.5) is 0 Å². The van der Waals surface area contributed by atoms with Crippen molar-refractivity contribution in [3.63, 3.8) is 0 Å². The minimum Gasteiger partial charge on any atom is -0.493 e. The lowest BCUT2D eigenvalue weighted by atomic mass is 9.89. The lowest BCUT2D eigenvalue weighted by Gasteiger charge is -2.38. The van der Waals surface area contributed by atoms with Crippen LogP contribution in [0.25, 0.3) is 0 Å². The fraction of sp³-hybridized carbons (Fsp3) is 0.632. The smallest absolute Gasteiger partial charge is 0.308 e. The Hall–Kier alpha value is -1.01. The Kier molecular flexibility index (Phi) is 9.72. The summed E-state index contributed by atoms with van der Waals surface area (Å²) in [5.74, 6) is 1.52. The van der Waals surface area contributed by atoms with Crippen molar-refractivity contribution in [3.8, 4) is 11.5 Å². The van der Waals surface area contributed by atoms with E-state index in [1.165, 1.54) is 38.2 Å². The quantitative estimate of drug-likeness (QED) is 0.599. The molecule has 1 N–H and O–H groups in total. The summed E-state index contributed by atoms with van der Waals surface area (Å²) in [5.41, 5.74) is 1.27. The van der Waals surface area contributed by atoms with Gasteiger partial charge in [-0.2, -0.15) is 0 Å². The molecule has 1 aliphatic heterocycles. The van der Waals surface area contributed by atoms with Gasteiger partial charge in [0.15, 0.2) is 11.5 Å². The number of carbonyl (C=O) groups is 1. The van der Waals surface area contributed by atoms with Crippen molar-refractivity contribution in [2.75, 3.05) is 33.3 Å². The first kappa shape index (κ1) is 23.0. The third-order valence-corrected chi connectivity index (χ3v) is 5.17. The zero-order valence-corrected chi connectivity index (χ0v) is 17.2. The number of hydrogen-bond acceptors (Lipinski definition) is 5. The van der Waals surface area contributed by atoms with E-state index in [-0.39, 0.29) is 30.8 Å². The van der Waals surface area contributed by atoms with Gasteiger partial charge in [0.1, 0.15) is 0 Å². The molecule has 2 aliphatic rings. The van der Waals surface area contributed by atoms with Crippen LogP contribution in [0.15, 0.2) is 18.2 Å². The zero-order chi connectivity index (χ0) is 16.9. The Labute approximate surface area is 168 Å². The molecule has 0 aromatic heterocycles. The third-order valence-electron chi connectivity index (χ3n) is 5.17. The summed E-state index contributed by atoms with van der Waals surface area (Å²) in [6, 6.07) is 6.46. The normalized spacial score (nSPS) is 19.2. The Morgan fingerprint density at radius 1 is 1.15 bits per heavy atom. The van der Waals surface area contributed by atoms with Crippen molar-refractivity contribution in [3.05, 3.63) is 23.8 Å². The number of esters is 1. The number of methoxy groups -OCH3 is 1. The fourth-order valence-electron chi connectivity index (χ4n) is 4.12. The Morgan fingerprint density at radius 3 is 2.38 bits per heavy atom. The molecule has 0 bridgehead atoms. The topological polar surface area (TPSA) is 50.8 Å². The van der Waals surface area contributed by atoms with Crippen LogP contribution < -0.4 is 14.8 Å². The SMILES string of the molecule is COc1cc([C@H](C2CCCC2)N2CCNCC2)ccc1OC(C)=O.Cl.Cl. The summed E-state index contributed by atoms with van der Waals surface area (Å²) in [5, 5.41) is 3.44. The van der Waals surface area contributed by atoms with E-state index < -0.39 is 0 Å². The molecule has 1 aromatic rings. The molecule has 1 heterocycles. The highest BCUT2D eigenvalue weighted by atomic mass is 35.5. The van der Waals surface area contributed by atoms with E-state index in [1.807, 2.05) is 6.07 Å². The van der Waals surface area contributed by atoms with Crippen LogP contribution in [-0.4, -0.2) is 44.2 Å². The number of nitrogens with one attached hydrogen (secondary N) is 1. The molecule has 2 fully saturated rings. The maximum absolute atomic E-state index is 11.3. The zero-order valence-electron chi connectivity index (χ0n) is 15.5. The first-order chi connectivity index (χ1) is 11.7. The number of hydrogen-bond donors (Lipinski definition) is 1. The number of piperazine rings is 1. The molecule has 0 amide bonds. The average Bonchev–Trinajstić information content (AvgIpc) is 3.11. The van der Waals surface area contributed by atoms with Crippen LogP contribution in [0.1, 0.15) is 44.2 Å². The molecule has 0 radical (unpaired) electrons. The van der Waals surface area contributed by atoms with Gasteiger partial charge in [-0.15, -0.1) is 24.8 Å². The molecule has 0 unspecified atom stereocenters. The molecular weight excluding hydrogens is 375 g/mol. The van der Waals surface area contributed by atoms with Gasteiger partial charge in [-0.25, -0.2) is 0 Å². The molecule has 7 heteroatoms. The summed E-state index contributed by atoms with van der Waals surface area (Å²) >= 11 is 0. The van der Waals surface area contributed by atoms with E-state index in [0.29, 0.717) is 23.5 Å². The van der Waals surface area contributed by atoms with Gasteiger partial charge in [-0.3, -0.25) is 9.69 Å². The van der Waals surface area contributed by atoms with Crippen molar-refractivity contribution in [1.82, 2.24) is 10.2 Å². The molecule has 1 saturated carbocycles. The number of carbonyl (C=O) groups excluding carboxylic acids is 1. The van der Waals surface area contributed by atoms with Crippen LogP contribution in [0, 0.1) is 5.92 Å². The fourth-order valence-corrected chi connectivity index (χ4v) is 4.12. The van der Waals surface area contributed by atoms with E-state index >= 15 is 0 Å². The van der Waals surface area contributed by atoms with Crippen molar-refractivity contribution < 1.29 is 14.3 Å². The van der Waals surface area contributed by atoms with Gasteiger partial charge in [-0.05, 0) is 36.5 Å². The molecule has 1 atom stereocenters. The minimum atomic E-state index is -0.324. The lowest BCUT2D eigenvalue weighted by Crippen LogP contribution is -2.46. The highest BCUT2D eigenvalue weighted by Crippen LogP contribution is 2.42. The first-order valence-electron chi connectivity index (χ1n) is 9.00. The van der Waals surface area contributed by atoms with Crippen LogP contribution in [0.5, 0.6) is 11.5 Å². The second-order valence-electron chi connectivity index (χ2n) is 6.78. The molecule has 1 saturated heterocycles. The van der Waals surface area contributed by atoms with E-state index in [0.717, 1.165) is 26.2 Å². The maximum atomic E-state index is 11.3. The Morgan fingerprint density at radius 2 is 1.81 bits per heavy atom. The molecule has 0 spiro atoms. The number of nitrogens with zero attached hydrogens (tertiary/aromatic N) is 1. The first-order valence-corrected chi connectivity index (χ1v) is 9.00. The molecular formula is C19H30Cl2N2O3. The van der Waals surface area contributed by atoms with Crippen molar-refractivity contribution in [2.45, 2.75) is 38.6 Å². The predicted octanol–water partition coefficient (Wildman–Crippen LogP) is 3.60. The molecule has 148 valence electrons. The number of ether oxygens (including phenoxy) is 2. The van der Waals surface area contributed by atoms with Crippen LogP contribution in [0.2, 0.25) is 0 Å². The summed E-state index contributed by atoms with van der Waals surface area (Å²) in [6.45, 7) is 5.66. The summed E-state index contributed by atoms with van der Waals surface area (Å²) < 4.78 is 10.7. The summed E-state index contributed by atoms with van der Waals surface area (Å²) in [7, 11) is 1.63. The van der Waals surface area contributed by atoms with Gasteiger partial charge in [-0.1, -0.05) is 18.9 Å². The van der Waals surface area contributed by atoms with Crippen molar-refractivity contribution in [2.24, 2.45) is 5.92 Å². The van der Waals surface area contributed by atoms with E-state index in [9.17, 15) is 4.79 Å². The molecule has 3 rings (SSSR count). The van der Waals surface area contributed by atoms with E-state index in [4.69, 9.17) is 9.47 Å². The van der Waals surface area contributed by atoms with Gasteiger partial charge in [0.2, 0.25) is 0 Å². The molecule has 26 heavy (non-hydrogen) atoms. The highest BCUT2D eigenvalue weighted by molar-refractivity contribution is 5.85. The number of halogens is 2. The third kappa shape index (κ3) is 5.49. The minimum absolute atomic E-state index is 0. The van der Waals surface area contributed by atoms with Crippen LogP contribution >= 0.6 is 24.8 Å². The lowest BCUT2D eigenvalue weighted by molar-refractivity contribution is -0.132. The number of rotatable bonds is 5. The summed E-state index contributed by atoms with van der Waals surface area (Å²) in [4.78, 5) is 13.9. The van der Waals surface area contributed by atoms with Crippen LogP contribution in [-0.2, 0) is 4.79 Å².